The van der Waals surface area contributed by atoms with Gasteiger partial charge in [-0.3, -0.25) is 9.88 Å². The number of aromatic nitrogens is 3. The van der Waals surface area contributed by atoms with Gasteiger partial charge in [-0.25, -0.2) is 4.98 Å². The average Bonchev–Trinajstić information content (AvgIpc) is 2.68. The van der Waals surface area contributed by atoms with Crippen molar-refractivity contribution in [1.82, 2.24) is 19.9 Å². The molecule has 0 saturated heterocycles. The van der Waals surface area contributed by atoms with Crippen LogP contribution in [0.1, 0.15) is 16.8 Å². The molecule has 4 rings (SSSR count). The largest absolute Gasteiger partial charge is 0.573 e. The average molecular weight is 418 g/mol. The zero-order chi connectivity index (χ0) is 20.4. The lowest BCUT2D eigenvalue weighted by molar-refractivity contribution is -0.274. The number of pyridine rings is 1. The SMILES string of the molecule is FC(F)(F)Oc1cccc(-c2ccc(CN3CCc4[nH]c(=S)ncc4C3)cn2)c1. The summed E-state index contributed by atoms with van der Waals surface area (Å²) in [6.45, 7) is 2.38. The van der Waals surface area contributed by atoms with Crippen molar-refractivity contribution >= 4 is 12.2 Å². The fourth-order valence-corrected chi connectivity index (χ4v) is 3.52. The lowest BCUT2D eigenvalue weighted by atomic mass is 10.1. The first-order chi connectivity index (χ1) is 13.9. The molecule has 29 heavy (non-hydrogen) atoms. The molecule has 150 valence electrons. The molecule has 0 spiro atoms. The molecule has 3 heterocycles. The van der Waals surface area contributed by atoms with E-state index in [9.17, 15) is 13.2 Å². The highest BCUT2D eigenvalue weighted by molar-refractivity contribution is 7.71. The van der Waals surface area contributed by atoms with Gasteiger partial charge in [0.1, 0.15) is 5.75 Å². The van der Waals surface area contributed by atoms with Gasteiger partial charge in [-0.15, -0.1) is 13.2 Å². The number of nitrogens with one attached hydrogen (secondary N) is 1. The maximum Gasteiger partial charge on any atom is 0.573 e. The highest BCUT2D eigenvalue weighted by Gasteiger charge is 2.31. The molecule has 0 atom stereocenters. The molecule has 0 aliphatic carbocycles. The van der Waals surface area contributed by atoms with E-state index in [4.69, 9.17) is 12.2 Å². The molecule has 0 saturated carbocycles. The van der Waals surface area contributed by atoms with E-state index in [-0.39, 0.29) is 5.75 Å². The van der Waals surface area contributed by atoms with E-state index in [2.05, 4.69) is 24.6 Å². The second-order valence-electron chi connectivity index (χ2n) is 6.78. The third kappa shape index (κ3) is 4.99. The van der Waals surface area contributed by atoms with E-state index in [1.54, 1.807) is 18.3 Å². The predicted octanol–water partition coefficient (Wildman–Crippen LogP) is 4.66. The van der Waals surface area contributed by atoms with Crippen LogP contribution in [0.2, 0.25) is 0 Å². The molecule has 5 nitrogen and oxygen atoms in total. The number of alkyl halides is 3. The Bertz CT molecular complexity index is 1070. The van der Waals surface area contributed by atoms with Crippen molar-refractivity contribution < 1.29 is 17.9 Å². The van der Waals surface area contributed by atoms with Crippen molar-refractivity contribution in [1.29, 1.82) is 0 Å². The van der Waals surface area contributed by atoms with Crippen LogP contribution >= 0.6 is 12.2 Å². The molecule has 0 radical (unpaired) electrons. The molecular weight excluding hydrogens is 401 g/mol. The summed E-state index contributed by atoms with van der Waals surface area (Å²) < 4.78 is 41.7. The molecule has 0 fully saturated rings. The number of halogens is 3. The van der Waals surface area contributed by atoms with Crippen molar-refractivity contribution in [2.75, 3.05) is 6.54 Å². The Morgan fingerprint density at radius 2 is 2.00 bits per heavy atom. The summed E-state index contributed by atoms with van der Waals surface area (Å²) in [5.74, 6) is -0.263. The summed E-state index contributed by atoms with van der Waals surface area (Å²) in [6.07, 6.45) is -0.279. The highest BCUT2D eigenvalue weighted by Crippen LogP contribution is 2.27. The quantitative estimate of drug-likeness (QED) is 0.625. The Kier molecular flexibility index (Phi) is 5.33. The molecule has 0 unspecified atom stereocenters. The molecular formula is C20H17F3N4OS. The number of hydrogen-bond acceptors (Lipinski definition) is 5. The van der Waals surface area contributed by atoms with Gasteiger partial charge in [0.2, 0.25) is 0 Å². The van der Waals surface area contributed by atoms with E-state index in [0.717, 1.165) is 42.9 Å². The van der Waals surface area contributed by atoms with Crippen LogP contribution in [0.25, 0.3) is 11.3 Å². The Morgan fingerprint density at radius 3 is 2.76 bits per heavy atom. The smallest absolute Gasteiger partial charge is 0.406 e. The summed E-state index contributed by atoms with van der Waals surface area (Å²) in [5.41, 5.74) is 4.44. The predicted molar refractivity (Wildman–Crippen MR) is 104 cm³/mol. The van der Waals surface area contributed by atoms with E-state index >= 15 is 0 Å². The van der Waals surface area contributed by atoms with Gasteiger partial charge in [-0.2, -0.15) is 0 Å². The van der Waals surface area contributed by atoms with E-state index in [1.165, 1.54) is 18.2 Å². The lowest BCUT2D eigenvalue weighted by Crippen LogP contribution is -2.30. The number of benzene rings is 1. The minimum Gasteiger partial charge on any atom is -0.406 e. The number of fused-ring (bicyclic) bond motifs is 1. The summed E-state index contributed by atoms with van der Waals surface area (Å²) in [5, 5.41) is 0. The highest BCUT2D eigenvalue weighted by atomic mass is 32.1. The van der Waals surface area contributed by atoms with Gasteiger partial charge >= 0.3 is 6.36 Å². The molecule has 3 aromatic rings. The van der Waals surface area contributed by atoms with Crippen molar-refractivity contribution in [3.63, 3.8) is 0 Å². The Morgan fingerprint density at radius 1 is 1.14 bits per heavy atom. The summed E-state index contributed by atoms with van der Waals surface area (Å²) in [4.78, 5) is 14.0. The standard InChI is InChI=1S/C20H17F3N4OS/c21-20(22,23)28-16-3-1-2-14(8-16)17-5-4-13(9-24-17)11-27-7-6-18-15(12-27)10-25-19(29)26-18/h1-5,8-10H,6-7,11-12H2,(H,25,26,29). The van der Waals surface area contributed by atoms with E-state index in [0.29, 0.717) is 16.0 Å². The lowest BCUT2D eigenvalue weighted by Gasteiger charge is -2.28. The molecule has 0 amide bonds. The summed E-state index contributed by atoms with van der Waals surface area (Å²) in [6, 6.07) is 9.54. The maximum absolute atomic E-state index is 12.4. The van der Waals surface area contributed by atoms with E-state index in [1.807, 2.05) is 12.3 Å². The third-order valence-electron chi connectivity index (χ3n) is 4.65. The van der Waals surface area contributed by atoms with Crippen molar-refractivity contribution in [3.8, 4) is 17.0 Å². The van der Waals surface area contributed by atoms with Crippen LogP contribution in [-0.2, 0) is 19.5 Å². The van der Waals surface area contributed by atoms with Gasteiger partial charge in [-0.05, 0) is 36.0 Å². The van der Waals surface area contributed by atoms with Crippen LogP contribution < -0.4 is 4.74 Å². The number of rotatable bonds is 4. The molecule has 1 aliphatic rings. The third-order valence-corrected chi connectivity index (χ3v) is 4.86. The van der Waals surface area contributed by atoms with Crippen molar-refractivity contribution in [2.45, 2.75) is 25.9 Å². The minimum atomic E-state index is -4.72. The number of aromatic amines is 1. The zero-order valence-electron chi connectivity index (χ0n) is 15.2. The van der Waals surface area contributed by atoms with Crippen LogP contribution in [0.5, 0.6) is 5.75 Å². The van der Waals surface area contributed by atoms with E-state index < -0.39 is 6.36 Å². The number of H-pyrrole nitrogens is 1. The van der Waals surface area contributed by atoms with Gasteiger partial charge < -0.3 is 9.72 Å². The molecule has 0 bridgehead atoms. The summed E-state index contributed by atoms with van der Waals surface area (Å²) >= 11 is 5.07. The molecule has 2 aromatic heterocycles. The Hall–Kier alpha value is -2.78. The van der Waals surface area contributed by atoms with Crippen LogP contribution in [0.3, 0.4) is 0 Å². The van der Waals surface area contributed by atoms with Gasteiger partial charge in [0.05, 0.1) is 5.69 Å². The van der Waals surface area contributed by atoms with Crippen LogP contribution in [0.15, 0.2) is 48.8 Å². The maximum atomic E-state index is 12.4. The fraction of sp³-hybridized carbons (Fsp3) is 0.250. The Balaban J connectivity index is 1.44. The first-order valence-corrected chi connectivity index (χ1v) is 9.37. The van der Waals surface area contributed by atoms with Crippen LogP contribution in [0.4, 0.5) is 13.2 Å². The van der Waals surface area contributed by atoms with Crippen LogP contribution in [-0.4, -0.2) is 32.8 Å². The van der Waals surface area contributed by atoms with Gasteiger partial charge in [0.15, 0.2) is 4.77 Å². The minimum absolute atomic E-state index is 0.263. The van der Waals surface area contributed by atoms with Crippen LogP contribution in [0, 0.1) is 4.77 Å². The number of nitrogens with zero attached hydrogens (tertiary/aromatic N) is 3. The van der Waals surface area contributed by atoms with Gasteiger partial charge in [0, 0.05) is 55.3 Å². The first kappa shape index (κ1) is 19.5. The Labute approximate surface area is 170 Å². The fourth-order valence-electron chi connectivity index (χ4n) is 3.34. The molecule has 1 N–H and O–H groups in total. The summed E-state index contributed by atoms with van der Waals surface area (Å²) in [7, 11) is 0. The van der Waals surface area contributed by atoms with Gasteiger partial charge in [-0.1, -0.05) is 18.2 Å². The normalized spacial score (nSPS) is 14.4. The monoisotopic (exact) mass is 418 g/mol. The second-order valence-corrected chi connectivity index (χ2v) is 7.17. The zero-order valence-corrected chi connectivity index (χ0v) is 16.1. The first-order valence-electron chi connectivity index (χ1n) is 8.96. The molecule has 1 aromatic carbocycles. The van der Waals surface area contributed by atoms with Gasteiger partial charge in [0.25, 0.3) is 0 Å². The molecule has 9 heteroatoms. The molecule has 1 aliphatic heterocycles. The number of ether oxygens (including phenoxy) is 1. The number of hydrogen-bond donors (Lipinski definition) is 1. The van der Waals surface area contributed by atoms with Crippen molar-refractivity contribution in [2.24, 2.45) is 0 Å². The topological polar surface area (TPSA) is 54.0 Å². The second kappa shape index (κ2) is 7.92. The van der Waals surface area contributed by atoms with Crippen molar-refractivity contribution in [3.05, 3.63) is 70.4 Å².